The molecule has 0 bridgehead atoms. The molecule has 0 saturated carbocycles. The Labute approximate surface area is 219 Å². The molecule has 3 aromatic carbocycles. The highest BCUT2D eigenvalue weighted by atomic mass is 19.2. The molecule has 10 heteroatoms. The van der Waals surface area contributed by atoms with E-state index >= 15 is 0 Å². The first kappa shape index (κ1) is 25.5. The summed E-state index contributed by atoms with van der Waals surface area (Å²) in [4.78, 5) is 43.2. The quantitative estimate of drug-likeness (QED) is 0.267. The van der Waals surface area contributed by atoms with E-state index in [0.717, 1.165) is 27.8 Å². The van der Waals surface area contributed by atoms with Crippen LogP contribution in [0, 0.1) is 17.5 Å². The molecule has 2 aromatic heterocycles. The summed E-state index contributed by atoms with van der Waals surface area (Å²) in [6, 6.07) is 18.3. The third-order valence-electron chi connectivity index (χ3n) is 6.13. The number of amides is 1. The molecule has 1 atom stereocenters. The minimum absolute atomic E-state index is 0.0249. The molecular weight excluding hydrogens is 509 g/mol. The fraction of sp³-hybridized carbons (Fsp3) is 0.0690. The second-order valence-corrected chi connectivity index (χ2v) is 8.83. The van der Waals surface area contributed by atoms with E-state index in [0.29, 0.717) is 11.0 Å². The van der Waals surface area contributed by atoms with Gasteiger partial charge in [0, 0.05) is 6.20 Å². The van der Waals surface area contributed by atoms with Crippen LogP contribution < -0.4 is 16.6 Å². The van der Waals surface area contributed by atoms with Crippen molar-refractivity contribution in [2.75, 3.05) is 0 Å². The van der Waals surface area contributed by atoms with E-state index in [1.807, 2.05) is 36.4 Å². The number of benzene rings is 3. The zero-order valence-electron chi connectivity index (χ0n) is 20.3. The predicted octanol–water partition coefficient (Wildman–Crippen LogP) is 4.67. The molecule has 5 rings (SSSR count). The molecule has 0 spiro atoms. The Morgan fingerprint density at radius 1 is 0.897 bits per heavy atom. The molecule has 5 aromatic rings. The van der Waals surface area contributed by atoms with Crippen LogP contribution in [-0.4, -0.2) is 20.4 Å². The molecule has 0 unspecified atom stereocenters. The van der Waals surface area contributed by atoms with E-state index in [2.05, 4.69) is 15.3 Å². The van der Waals surface area contributed by atoms with Gasteiger partial charge in [0.15, 0.2) is 17.5 Å². The van der Waals surface area contributed by atoms with Crippen molar-refractivity contribution in [2.24, 2.45) is 0 Å². The fourth-order valence-electron chi connectivity index (χ4n) is 4.21. The molecule has 3 N–H and O–H groups in total. The van der Waals surface area contributed by atoms with Crippen LogP contribution in [-0.2, 0) is 6.54 Å². The first-order valence-electron chi connectivity index (χ1n) is 11.9. The molecule has 7 nitrogen and oxygen atoms in total. The van der Waals surface area contributed by atoms with Gasteiger partial charge in [-0.1, -0.05) is 48.6 Å². The third kappa shape index (κ3) is 5.59. The summed E-state index contributed by atoms with van der Waals surface area (Å²) >= 11 is 0. The number of nitrogens with one attached hydrogen (secondary N) is 3. The average Bonchev–Trinajstić information content (AvgIpc) is 3.30. The topological polar surface area (TPSA) is 99.8 Å². The molecule has 0 saturated heterocycles. The molecular formula is C29H21F3N4O3. The lowest BCUT2D eigenvalue weighted by molar-refractivity contribution is 0.0942. The van der Waals surface area contributed by atoms with Gasteiger partial charge in [0.1, 0.15) is 5.56 Å². The van der Waals surface area contributed by atoms with Crippen LogP contribution in [0.15, 0.2) is 94.7 Å². The molecule has 1 amide bonds. The molecule has 0 radical (unpaired) electrons. The maximum absolute atomic E-state index is 13.6. The highest BCUT2D eigenvalue weighted by molar-refractivity contribution is 5.94. The number of carbonyl (C=O) groups excluding carboxylic acids is 1. The van der Waals surface area contributed by atoms with Gasteiger partial charge in [0.2, 0.25) is 0 Å². The van der Waals surface area contributed by atoms with E-state index < -0.39 is 35.0 Å². The fourth-order valence-corrected chi connectivity index (χ4v) is 4.21. The van der Waals surface area contributed by atoms with Gasteiger partial charge in [-0.05, 0) is 53.1 Å². The molecule has 0 aliphatic rings. The number of H-pyrrole nitrogens is 2. The maximum atomic E-state index is 13.6. The molecule has 39 heavy (non-hydrogen) atoms. The Morgan fingerprint density at radius 2 is 1.62 bits per heavy atom. The number of halogens is 3. The van der Waals surface area contributed by atoms with E-state index in [1.54, 1.807) is 24.3 Å². The molecule has 0 fully saturated rings. The van der Waals surface area contributed by atoms with Crippen molar-refractivity contribution < 1.29 is 18.0 Å². The minimum Gasteiger partial charge on any atom is -0.342 e. The van der Waals surface area contributed by atoms with Crippen molar-refractivity contribution in [3.63, 3.8) is 0 Å². The maximum Gasteiger partial charge on any atom is 0.323 e. The summed E-state index contributed by atoms with van der Waals surface area (Å²) < 4.78 is 41.7. The van der Waals surface area contributed by atoms with Crippen LogP contribution in [0.5, 0.6) is 0 Å². The average molecular weight is 531 g/mol. The van der Waals surface area contributed by atoms with Crippen LogP contribution in [0.1, 0.15) is 33.1 Å². The lowest BCUT2D eigenvalue weighted by atomic mass is 10.0. The second kappa shape index (κ2) is 10.7. The third-order valence-corrected chi connectivity index (χ3v) is 6.13. The van der Waals surface area contributed by atoms with E-state index in [4.69, 9.17) is 0 Å². The standard InChI is InChI=1S/C29H21F3N4O3/c30-21-13-18(14-22(31)26(21)32)16-36-12-4-7-20(28(36)38)27(37)33-23(19-5-2-1-3-6-19)10-8-17-9-11-24-25(15-17)35-29(39)34-24/h1-15,23H,16H2,(H,33,37)(H2,34,35,39)/b10-8+/t23-/m0/s1. The van der Waals surface area contributed by atoms with E-state index in [1.165, 1.54) is 18.3 Å². The highest BCUT2D eigenvalue weighted by Crippen LogP contribution is 2.19. The number of aromatic amines is 2. The summed E-state index contributed by atoms with van der Waals surface area (Å²) in [5, 5.41) is 2.85. The Hall–Kier alpha value is -5.12. The number of carbonyl (C=O) groups is 1. The summed E-state index contributed by atoms with van der Waals surface area (Å²) in [5.74, 6) is -4.99. The van der Waals surface area contributed by atoms with Crippen LogP contribution in [0.4, 0.5) is 13.2 Å². The van der Waals surface area contributed by atoms with Gasteiger partial charge in [-0.2, -0.15) is 0 Å². The number of hydrogen-bond acceptors (Lipinski definition) is 3. The summed E-state index contributed by atoms with van der Waals surface area (Å²) in [6.07, 6.45) is 4.91. The second-order valence-electron chi connectivity index (χ2n) is 8.83. The number of imidazole rings is 1. The number of fused-ring (bicyclic) bond motifs is 1. The molecule has 196 valence electrons. The van der Waals surface area contributed by atoms with Crippen LogP contribution in [0.2, 0.25) is 0 Å². The molecule has 0 aliphatic carbocycles. The Kier molecular flexibility index (Phi) is 7.00. The zero-order chi connectivity index (χ0) is 27.5. The van der Waals surface area contributed by atoms with Gasteiger partial charge in [0.05, 0.1) is 23.6 Å². The summed E-state index contributed by atoms with van der Waals surface area (Å²) in [7, 11) is 0. The van der Waals surface area contributed by atoms with Gasteiger partial charge in [-0.3, -0.25) is 9.59 Å². The van der Waals surface area contributed by atoms with Crippen molar-refractivity contribution in [3.05, 3.63) is 146 Å². The van der Waals surface area contributed by atoms with Gasteiger partial charge < -0.3 is 19.9 Å². The Bertz CT molecular complexity index is 1800. The van der Waals surface area contributed by atoms with Crippen molar-refractivity contribution >= 4 is 23.0 Å². The summed E-state index contributed by atoms with van der Waals surface area (Å²) in [5.41, 5.74) is 1.67. The van der Waals surface area contributed by atoms with Gasteiger partial charge in [0.25, 0.3) is 11.5 Å². The van der Waals surface area contributed by atoms with Gasteiger partial charge in [-0.25, -0.2) is 18.0 Å². The summed E-state index contributed by atoms with van der Waals surface area (Å²) in [6.45, 7) is -0.264. The number of nitrogens with zero attached hydrogens (tertiary/aromatic N) is 1. The van der Waals surface area contributed by atoms with Crippen LogP contribution >= 0.6 is 0 Å². The van der Waals surface area contributed by atoms with Gasteiger partial charge >= 0.3 is 5.69 Å². The normalized spacial score (nSPS) is 12.2. The number of hydrogen-bond donors (Lipinski definition) is 3. The highest BCUT2D eigenvalue weighted by Gasteiger charge is 2.18. The van der Waals surface area contributed by atoms with Crippen molar-refractivity contribution in [1.82, 2.24) is 19.9 Å². The first-order valence-corrected chi connectivity index (χ1v) is 11.9. The van der Waals surface area contributed by atoms with Gasteiger partial charge in [-0.15, -0.1) is 0 Å². The van der Waals surface area contributed by atoms with E-state index in [9.17, 15) is 27.6 Å². The zero-order valence-corrected chi connectivity index (χ0v) is 20.3. The van der Waals surface area contributed by atoms with Crippen molar-refractivity contribution in [3.8, 4) is 0 Å². The SMILES string of the molecule is O=C(N[C@@H](/C=C/c1ccc2[nH]c(=O)[nH]c2c1)c1ccccc1)c1cccn(Cc2cc(F)c(F)c(F)c2)c1=O. The number of aromatic nitrogens is 3. The smallest absolute Gasteiger partial charge is 0.323 e. The molecule has 0 aliphatic heterocycles. The lowest BCUT2D eigenvalue weighted by Crippen LogP contribution is -2.34. The number of rotatable bonds is 7. The Balaban J connectivity index is 1.41. The molecule has 2 heterocycles. The van der Waals surface area contributed by atoms with Crippen LogP contribution in [0.25, 0.3) is 17.1 Å². The monoisotopic (exact) mass is 530 g/mol. The van der Waals surface area contributed by atoms with Crippen LogP contribution in [0.3, 0.4) is 0 Å². The Morgan fingerprint density at radius 3 is 2.36 bits per heavy atom. The van der Waals surface area contributed by atoms with Crippen molar-refractivity contribution in [2.45, 2.75) is 12.6 Å². The largest absolute Gasteiger partial charge is 0.342 e. The number of pyridine rings is 1. The first-order chi connectivity index (χ1) is 18.8. The predicted molar refractivity (Wildman–Crippen MR) is 141 cm³/mol. The minimum atomic E-state index is -1.60. The van der Waals surface area contributed by atoms with E-state index in [-0.39, 0.29) is 23.4 Å². The van der Waals surface area contributed by atoms with Crippen molar-refractivity contribution in [1.29, 1.82) is 0 Å². The lowest BCUT2D eigenvalue weighted by Gasteiger charge is -2.16.